The molecule has 0 radical (unpaired) electrons. The lowest BCUT2D eigenvalue weighted by Crippen LogP contribution is -2.43. The van der Waals surface area contributed by atoms with Crippen LogP contribution >= 0.6 is 11.8 Å². The summed E-state index contributed by atoms with van der Waals surface area (Å²) >= 11 is 1.48. The number of morpholine rings is 1. The fourth-order valence-electron chi connectivity index (χ4n) is 3.69. The highest BCUT2D eigenvalue weighted by Gasteiger charge is 2.24. The summed E-state index contributed by atoms with van der Waals surface area (Å²) in [5, 5.41) is 5.90. The number of amides is 2. The molecule has 2 aliphatic rings. The third-order valence-electron chi connectivity index (χ3n) is 5.32. The van der Waals surface area contributed by atoms with Gasteiger partial charge >= 0.3 is 0 Å². The van der Waals surface area contributed by atoms with Crippen LogP contribution in [-0.2, 0) is 9.53 Å². The van der Waals surface area contributed by atoms with E-state index in [1.807, 2.05) is 30.3 Å². The van der Waals surface area contributed by atoms with Gasteiger partial charge in [-0.15, -0.1) is 11.8 Å². The number of nitrogens with zero attached hydrogens (tertiary/aromatic N) is 1. The highest BCUT2D eigenvalue weighted by Crippen LogP contribution is 2.32. The SMILES string of the molecule is COc1ccc(C(CNC(=O)c2ccc3c(c2)NC(=O)CS3)N2CCOCC2)cc1. The molecular formula is C22H25N3O4S. The molecule has 2 aromatic carbocycles. The minimum absolute atomic E-state index is 0.0386. The van der Waals surface area contributed by atoms with E-state index in [0.717, 1.165) is 29.3 Å². The Morgan fingerprint density at radius 2 is 2.00 bits per heavy atom. The summed E-state index contributed by atoms with van der Waals surface area (Å²) in [4.78, 5) is 27.8. The molecule has 2 aromatic rings. The number of thioether (sulfide) groups is 1. The van der Waals surface area contributed by atoms with Gasteiger partial charge in [-0.1, -0.05) is 12.1 Å². The molecule has 2 N–H and O–H groups in total. The van der Waals surface area contributed by atoms with Crippen molar-refractivity contribution < 1.29 is 19.1 Å². The third-order valence-corrected chi connectivity index (χ3v) is 6.39. The first-order valence-electron chi connectivity index (χ1n) is 9.94. The minimum Gasteiger partial charge on any atom is -0.497 e. The maximum atomic E-state index is 12.8. The molecular weight excluding hydrogens is 402 g/mol. The number of methoxy groups -OCH3 is 1. The van der Waals surface area contributed by atoms with Gasteiger partial charge in [-0.05, 0) is 35.9 Å². The van der Waals surface area contributed by atoms with Crippen molar-refractivity contribution >= 4 is 29.3 Å². The fourth-order valence-corrected chi connectivity index (χ4v) is 4.48. The Hall–Kier alpha value is -2.55. The molecule has 0 aliphatic carbocycles. The van der Waals surface area contributed by atoms with Crippen molar-refractivity contribution in [3.8, 4) is 5.75 Å². The van der Waals surface area contributed by atoms with Crippen LogP contribution in [0, 0.1) is 0 Å². The predicted molar refractivity (Wildman–Crippen MR) is 116 cm³/mol. The highest BCUT2D eigenvalue weighted by molar-refractivity contribution is 8.00. The zero-order chi connectivity index (χ0) is 20.9. The molecule has 2 aliphatic heterocycles. The van der Waals surface area contributed by atoms with Crippen molar-refractivity contribution in [2.75, 3.05) is 51.0 Å². The topological polar surface area (TPSA) is 79.9 Å². The molecule has 8 heteroatoms. The van der Waals surface area contributed by atoms with Gasteiger partial charge in [0.2, 0.25) is 5.91 Å². The Morgan fingerprint density at radius 1 is 1.23 bits per heavy atom. The van der Waals surface area contributed by atoms with E-state index in [1.54, 1.807) is 19.2 Å². The number of fused-ring (bicyclic) bond motifs is 1. The lowest BCUT2D eigenvalue weighted by atomic mass is 10.0. The predicted octanol–water partition coefficient (Wildman–Crippen LogP) is 2.54. The molecule has 1 atom stereocenters. The van der Waals surface area contributed by atoms with Gasteiger partial charge in [0.25, 0.3) is 5.91 Å². The molecule has 2 heterocycles. The summed E-state index contributed by atoms with van der Waals surface area (Å²) in [5.74, 6) is 1.01. The number of ether oxygens (including phenoxy) is 2. The van der Waals surface area contributed by atoms with E-state index in [0.29, 0.717) is 36.8 Å². The van der Waals surface area contributed by atoms with Gasteiger partial charge in [0.15, 0.2) is 0 Å². The van der Waals surface area contributed by atoms with Gasteiger partial charge in [0, 0.05) is 30.1 Å². The highest BCUT2D eigenvalue weighted by atomic mass is 32.2. The van der Waals surface area contributed by atoms with Gasteiger partial charge in [0.1, 0.15) is 5.75 Å². The fraction of sp³-hybridized carbons (Fsp3) is 0.364. The van der Waals surface area contributed by atoms with Gasteiger partial charge in [-0.3, -0.25) is 14.5 Å². The molecule has 4 rings (SSSR count). The van der Waals surface area contributed by atoms with Crippen LogP contribution in [0.2, 0.25) is 0 Å². The van der Waals surface area contributed by atoms with E-state index in [-0.39, 0.29) is 17.9 Å². The van der Waals surface area contributed by atoms with Crippen LogP contribution in [0.1, 0.15) is 22.0 Å². The summed E-state index contributed by atoms with van der Waals surface area (Å²) < 4.78 is 10.8. The number of nitrogens with one attached hydrogen (secondary N) is 2. The smallest absolute Gasteiger partial charge is 0.251 e. The Kier molecular flexibility index (Phi) is 6.56. The van der Waals surface area contributed by atoms with Gasteiger partial charge < -0.3 is 20.1 Å². The van der Waals surface area contributed by atoms with Crippen LogP contribution in [0.15, 0.2) is 47.4 Å². The summed E-state index contributed by atoms with van der Waals surface area (Å²) in [7, 11) is 1.65. The monoisotopic (exact) mass is 427 g/mol. The Morgan fingerprint density at radius 3 is 2.73 bits per heavy atom. The minimum atomic E-state index is -0.158. The van der Waals surface area contributed by atoms with E-state index in [2.05, 4.69) is 15.5 Å². The first-order valence-corrected chi connectivity index (χ1v) is 10.9. The molecule has 0 saturated carbocycles. The van der Waals surface area contributed by atoms with Crippen molar-refractivity contribution in [3.05, 3.63) is 53.6 Å². The van der Waals surface area contributed by atoms with E-state index in [4.69, 9.17) is 9.47 Å². The van der Waals surface area contributed by atoms with E-state index in [9.17, 15) is 9.59 Å². The Balaban J connectivity index is 1.48. The molecule has 30 heavy (non-hydrogen) atoms. The lowest BCUT2D eigenvalue weighted by molar-refractivity contribution is -0.113. The summed E-state index contributed by atoms with van der Waals surface area (Å²) in [6, 6.07) is 13.4. The van der Waals surface area contributed by atoms with Crippen LogP contribution in [0.25, 0.3) is 0 Å². The molecule has 0 spiro atoms. The first kappa shape index (κ1) is 20.7. The largest absolute Gasteiger partial charge is 0.497 e. The second-order valence-electron chi connectivity index (χ2n) is 7.20. The maximum Gasteiger partial charge on any atom is 0.251 e. The van der Waals surface area contributed by atoms with Gasteiger partial charge in [0.05, 0.1) is 37.8 Å². The van der Waals surface area contributed by atoms with Crippen LogP contribution in [0.5, 0.6) is 5.75 Å². The summed E-state index contributed by atoms with van der Waals surface area (Å²) in [5.41, 5.74) is 2.35. The molecule has 0 bridgehead atoms. The molecule has 1 saturated heterocycles. The van der Waals surface area contributed by atoms with Crippen LogP contribution in [0.4, 0.5) is 5.69 Å². The average Bonchev–Trinajstić information content (AvgIpc) is 2.79. The van der Waals surface area contributed by atoms with E-state index >= 15 is 0 Å². The zero-order valence-electron chi connectivity index (χ0n) is 16.8. The van der Waals surface area contributed by atoms with Crippen LogP contribution < -0.4 is 15.4 Å². The van der Waals surface area contributed by atoms with Crippen molar-refractivity contribution in [2.45, 2.75) is 10.9 Å². The average molecular weight is 428 g/mol. The number of hydrogen-bond donors (Lipinski definition) is 2. The Bertz CT molecular complexity index is 913. The number of anilines is 1. The quantitative estimate of drug-likeness (QED) is 0.738. The van der Waals surface area contributed by atoms with Crippen molar-refractivity contribution in [3.63, 3.8) is 0 Å². The van der Waals surface area contributed by atoms with Crippen molar-refractivity contribution in [1.82, 2.24) is 10.2 Å². The zero-order valence-corrected chi connectivity index (χ0v) is 17.7. The Labute approximate surface area is 180 Å². The van der Waals surface area contributed by atoms with E-state index < -0.39 is 0 Å². The van der Waals surface area contributed by atoms with Gasteiger partial charge in [-0.25, -0.2) is 0 Å². The normalized spacial score (nSPS) is 17.6. The first-order chi connectivity index (χ1) is 14.6. The second-order valence-corrected chi connectivity index (χ2v) is 8.21. The molecule has 0 aromatic heterocycles. The second kappa shape index (κ2) is 9.51. The van der Waals surface area contributed by atoms with Crippen LogP contribution in [-0.4, -0.2) is 62.4 Å². The number of rotatable bonds is 6. The summed E-state index contributed by atoms with van der Waals surface area (Å²) in [6.45, 7) is 3.47. The van der Waals surface area contributed by atoms with Crippen LogP contribution in [0.3, 0.4) is 0 Å². The number of carbonyl (C=O) groups excluding carboxylic acids is 2. The van der Waals surface area contributed by atoms with Crippen molar-refractivity contribution in [2.24, 2.45) is 0 Å². The molecule has 158 valence electrons. The molecule has 2 amide bonds. The van der Waals surface area contributed by atoms with Gasteiger partial charge in [-0.2, -0.15) is 0 Å². The molecule has 1 unspecified atom stereocenters. The third kappa shape index (κ3) is 4.77. The standard InChI is InChI=1S/C22H25N3O4S/c1-28-17-5-2-15(3-6-17)19(25-8-10-29-11-9-25)13-23-22(27)16-4-7-20-18(12-16)24-21(26)14-30-20/h2-7,12,19H,8-11,13-14H2,1H3,(H,23,27)(H,24,26). The molecule has 1 fully saturated rings. The number of carbonyl (C=O) groups is 2. The molecule has 7 nitrogen and oxygen atoms in total. The van der Waals surface area contributed by atoms with E-state index in [1.165, 1.54) is 11.8 Å². The van der Waals surface area contributed by atoms with Crippen molar-refractivity contribution in [1.29, 1.82) is 0 Å². The number of benzene rings is 2. The number of hydrogen-bond acceptors (Lipinski definition) is 6. The summed E-state index contributed by atoms with van der Waals surface area (Å²) in [6.07, 6.45) is 0. The maximum absolute atomic E-state index is 12.8. The lowest BCUT2D eigenvalue weighted by Gasteiger charge is -2.35.